The summed E-state index contributed by atoms with van der Waals surface area (Å²) in [5.74, 6) is 0.306. The predicted molar refractivity (Wildman–Crippen MR) is 89.0 cm³/mol. The minimum Gasteiger partial charge on any atom is -0.492 e. The maximum Gasteiger partial charge on any atom is 0.244 e. The summed E-state index contributed by atoms with van der Waals surface area (Å²) in [6.07, 6.45) is -0.414. The van der Waals surface area contributed by atoms with Crippen LogP contribution >= 0.6 is 0 Å². The number of hydrogen-bond acceptors (Lipinski definition) is 4. The van der Waals surface area contributed by atoms with Crippen molar-refractivity contribution in [1.29, 1.82) is 0 Å². The third-order valence-electron chi connectivity index (χ3n) is 3.26. The highest BCUT2D eigenvalue weighted by Crippen LogP contribution is 2.23. The lowest BCUT2D eigenvalue weighted by atomic mass is 10.1. The fraction of sp³-hybridized carbons (Fsp3) is 0.294. The zero-order chi connectivity index (χ0) is 16.7. The summed E-state index contributed by atoms with van der Waals surface area (Å²) >= 11 is 0. The normalized spacial score (nSPS) is 12.8. The van der Waals surface area contributed by atoms with Gasteiger partial charge in [0.05, 0.1) is 12.7 Å². The first kappa shape index (κ1) is 17.5. The van der Waals surface area contributed by atoms with E-state index in [-0.39, 0.29) is 11.4 Å². The van der Waals surface area contributed by atoms with E-state index in [9.17, 15) is 13.5 Å². The zero-order valence-electron chi connectivity index (χ0n) is 13.0. The smallest absolute Gasteiger partial charge is 0.244 e. The minimum atomic E-state index is -3.74. The Morgan fingerprint density at radius 1 is 1.09 bits per heavy atom. The highest BCUT2D eigenvalue weighted by Gasteiger charge is 2.20. The van der Waals surface area contributed by atoms with E-state index in [1.807, 2.05) is 30.3 Å². The van der Waals surface area contributed by atoms with Crippen molar-refractivity contribution in [3.8, 4) is 5.75 Å². The van der Waals surface area contributed by atoms with Gasteiger partial charge < -0.3 is 9.84 Å². The van der Waals surface area contributed by atoms with Crippen molar-refractivity contribution in [2.45, 2.75) is 24.3 Å². The van der Waals surface area contributed by atoms with Gasteiger partial charge in [0.2, 0.25) is 10.0 Å². The van der Waals surface area contributed by atoms with Crippen molar-refractivity contribution in [1.82, 2.24) is 4.72 Å². The maximum atomic E-state index is 12.4. The van der Waals surface area contributed by atoms with Crippen LogP contribution in [0.2, 0.25) is 0 Å². The fourth-order valence-electron chi connectivity index (χ4n) is 2.19. The van der Waals surface area contributed by atoms with E-state index in [4.69, 9.17) is 4.74 Å². The molecule has 6 heteroatoms. The van der Waals surface area contributed by atoms with Gasteiger partial charge in [-0.1, -0.05) is 42.5 Å². The molecular formula is C17H21NO4S. The van der Waals surface area contributed by atoms with Crippen molar-refractivity contribution >= 4 is 10.0 Å². The van der Waals surface area contributed by atoms with Gasteiger partial charge in [-0.2, -0.15) is 0 Å². The number of hydrogen-bond donors (Lipinski definition) is 2. The van der Waals surface area contributed by atoms with Crippen molar-refractivity contribution in [3.63, 3.8) is 0 Å². The zero-order valence-corrected chi connectivity index (χ0v) is 13.8. The molecule has 2 aromatic rings. The van der Waals surface area contributed by atoms with Gasteiger partial charge in [-0.05, 0) is 31.0 Å². The predicted octanol–water partition coefficient (Wildman–Crippen LogP) is 1.97. The maximum absolute atomic E-state index is 12.4. The number of rotatable bonds is 8. The third kappa shape index (κ3) is 5.06. The monoisotopic (exact) mass is 335 g/mol. The number of aliphatic hydroxyl groups is 1. The summed E-state index contributed by atoms with van der Waals surface area (Å²) < 4.78 is 32.5. The summed E-state index contributed by atoms with van der Waals surface area (Å²) in [4.78, 5) is 0.0776. The number of ether oxygens (including phenoxy) is 1. The Kier molecular flexibility index (Phi) is 6.15. The summed E-state index contributed by atoms with van der Waals surface area (Å²) in [6, 6.07) is 15.9. The first-order chi connectivity index (χ1) is 11.0. The molecule has 2 rings (SSSR count). The molecule has 0 radical (unpaired) electrons. The topological polar surface area (TPSA) is 75.6 Å². The molecular weight excluding hydrogens is 314 g/mol. The fourth-order valence-corrected chi connectivity index (χ4v) is 3.41. The van der Waals surface area contributed by atoms with Crippen LogP contribution in [0.15, 0.2) is 59.5 Å². The highest BCUT2D eigenvalue weighted by molar-refractivity contribution is 7.89. The van der Waals surface area contributed by atoms with Gasteiger partial charge in [0, 0.05) is 6.54 Å². The number of sulfonamides is 1. The Bertz CT molecular complexity index is 716. The van der Waals surface area contributed by atoms with Gasteiger partial charge in [-0.25, -0.2) is 13.1 Å². The molecule has 5 nitrogen and oxygen atoms in total. The molecule has 0 amide bonds. The lowest BCUT2D eigenvalue weighted by Crippen LogP contribution is -2.33. The highest BCUT2D eigenvalue weighted by atomic mass is 32.2. The molecule has 0 heterocycles. The molecule has 0 aliphatic carbocycles. The number of para-hydroxylation sites is 1. The molecule has 0 aliphatic rings. The SMILES string of the molecule is CCOc1ccccc1S(=O)(=O)NCC(O)Cc1ccccc1. The van der Waals surface area contributed by atoms with E-state index < -0.39 is 16.1 Å². The summed E-state index contributed by atoms with van der Waals surface area (Å²) in [5.41, 5.74) is 0.953. The van der Waals surface area contributed by atoms with Crippen molar-refractivity contribution in [2.24, 2.45) is 0 Å². The first-order valence-electron chi connectivity index (χ1n) is 7.46. The van der Waals surface area contributed by atoms with E-state index in [1.54, 1.807) is 25.1 Å². The molecule has 0 saturated heterocycles. The van der Waals surface area contributed by atoms with E-state index >= 15 is 0 Å². The number of nitrogens with one attached hydrogen (secondary N) is 1. The standard InChI is InChI=1S/C17H21NO4S/c1-2-22-16-10-6-7-11-17(16)23(20,21)18-13-15(19)12-14-8-4-3-5-9-14/h3-11,15,18-19H,2,12-13H2,1H3. The van der Waals surface area contributed by atoms with Crippen LogP contribution in [0.3, 0.4) is 0 Å². The molecule has 0 bridgehead atoms. The van der Waals surface area contributed by atoms with Crippen molar-refractivity contribution in [2.75, 3.05) is 13.2 Å². The second-order valence-corrected chi connectivity index (χ2v) is 6.81. The Hall–Kier alpha value is -1.89. The van der Waals surface area contributed by atoms with Crippen LogP contribution in [0.25, 0.3) is 0 Å². The summed E-state index contributed by atoms with van der Waals surface area (Å²) in [7, 11) is -3.74. The molecule has 1 unspecified atom stereocenters. The molecule has 2 N–H and O–H groups in total. The van der Waals surface area contributed by atoms with Crippen molar-refractivity contribution in [3.05, 3.63) is 60.2 Å². The Morgan fingerprint density at radius 3 is 2.43 bits per heavy atom. The van der Waals surface area contributed by atoms with Gasteiger partial charge >= 0.3 is 0 Å². The van der Waals surface area contributed by atoms with Gasteiger partial charge in [0.15, 0.2) is 0 Å². The van der Waals surface area contributed by atoms with Crippen LogP contribution in [0.4, 0.5) is 0 Å². The van der Waals surface area contributed by atoms with Crippen LogP contribution in [-0.2, 0) is 16.4 Å². The molecule has 0 aliphatic heterocycles. The van der Waals surface area contributed by atoms with Crippen LogP contribution in [0, 0.1) is 0 Å². The average molecular weight is 335 g/mol. The quantitative estimate of drug-likeness (QED) is 0.773. The van der Waals surface area contributed by atoms with Crippen molar-refractivity contribution < 1.29 is 18.3 Å². The molecule has 0 aromatic heterocycles. The van der Waals surface area contributed by atoms with E-state index in [1.165, 1.54) is 6.07 Å². The molecule has 2 aromatic carbocycles. The lowest BCUT2D eigenvalue weighted by Gasteiger charge is -2.14. The molecule has 0 fully saturated rings. The Morgan fingerprint density at radius 2 is 1.74 bits per heavy atom. The second kappa shape index (κ2) is 8.10. The Balaban J connectivity index is 2.01. The number of aliphatic hydroxyl groups excluding tert-OH is 1. The third-order valence-corrected chi connectivity index (χ3v) is 4.72. The first-order valence-corrected chi connectivity index (χ1v) is 8.94. The average Bonchev–Trinajstić information content (AvgIpc) is 2.55. The van der Waals surface area contributed by atoms with Gasteiger partial charge in [-0.15, -0.1) is 0 Å². The number of benzene rings is 2. The lowest BCUT2D eigenvalue weighted by molar-refractivity contribution is 0.179. The van der Waals surface area contributed by atoms with E-state index in [0.717, 1.165) is 5.56 Å². The molecule has 0 saturated carbocycles. The van der Waals surface area contributed by atoms with Crippen LogP contribution in [0.5, 0.6) is 5.75 Å². The largest absolute Gasteiger partial charge is 0.492 e. The minimum absolute atomic E-state index is 0.0579. The second-order valence-electron chi connectivity index (χ2n) is 5.08. The Labute approximate surface area is 137 Å². The molecule has 0 spiro atoms. The van der Waals surface area contributed by atoms with E-state index in [2.05, 4.69) is 4.72 Å². The summed E-state index contributed by atoms with van der Waals surface area (Å²) in [6.45, 7) is 2.11. The van der Waals surface area contributed by atoms with Crippen LogP contribution < -0.4 is 9.46 Å². The van der Waals surface area contributed by atoms with Gasteiger partial charge in [0.1, 0.15) is 10.6 Å². The molecule has 124 valence electrons. The molecule has 23 heavy (non-hydrogen) atoms. The summed E-state index contributed by atoms with van der Waals surface area (Å²) in [5, 5.41) is 10.0. The van der Waals surface area contributed by atoms with Crippen LogP contribution in [-0.4, -0.2) is 32.8 Å². The van der Waals surface area contributed by atoms with Crippen LogP contribution in [0.1, 0.15) is 12.5 Å². The molecule has 1 atom stereocenters. The van der Waals surface area contributed by atoms with Gasteiger partial charge in [0.25, 0.3) is 0 Å². The van der Waals surface area contributed by atoms with E-state index in [0.29, 0.717) is 18.8 Å². The van der Waals surface area contributed by atoms with Gasteiger partial charge in [-0.3, -0.25) is 0 Å².